The molecule has 63 heavy (non-hydrogen) atoms. The molecule has 0 N–H and O–H groups in total. The summed E-state index contributed by atoms with van der Waals surface area (Å²) >= 11 is 0. The van der Waals surface area contributed by atoms with Crippen molar-refractivity contribution in [1.29, 1.82) is 0 Å². The predicted octanol–water partition coefficient (Wildman–Crippen LogP) is 16.2. The van der Waals surface area contributed by atoms with E-state index in [1.165, 1.54) is 12.1 Å². The molecule has 3 heterocycles. The van der Waals surface area contributed by atoms with Crippen molar-refractivity contribution in [2.45, 2.75) is 6.92 Å². The number of aromatic nitrogens is 2. The number of rotatable bonds is 8. The van der Waals surface area contributed by atoms with Crippen molar-refractivity contribution < 1.29 is 8.81 Å². The first-order valence-electron chi connectivity index (χ1n) is 21.1. The van der Waals surface area contributed by atoms with Crippen LogP contribution in [-0.2, 0) is 0 Å². The fourth-order valence-electron chi connectivity index (χ4n) is 8.83. The summed E-state index contributed by atoms with van der Waals surface area (Å²) in [4.78, 5) is 9.88. The van der Waals surface area contributed by atoms with E-state index in [0.29, 0.717) is 0 Å². The minimum absolute atomic E-state index is 0.263. The molecule has 0 atom stereocenters. The molecule has 0 unspecified atom stereocenters. The molecule has 8 aromatic carbocycles. The summed E-state index contributed by atoms with van der Waals surface area (Å²) in [5.74, 6) is -0.263. The molecule has 3 aromatic heterocycles. The fraction of sp³-hybridized carbons (Fsp3) is 0.0169. The van der Waals surface area contributed by atoms with E-state index in [9.17, 15) is 4.39 Å². The summed E-state index contributed by atoms with van der Waals surface area (Å²) in [5, 5.41) is 2.18. The number of hydrogen-bond donors (Lipinski definition) is 0. The van der Waals surface area contributed by atoms with Crippen molar-refractivity contribution in [1.82, 2.24) is 9.97 Å². The molecule has 4 heteroatoms. The van der Waals surface area contributed by atoms with Crippen LogP contribution in [0.3, 0.4) is 0 Å². The van der Waals surface area contributed by atoms with Gasteiger partial charge in [0, 0.05) is 45.4 Å². The second-order valence-electron chi connectivity index (χ2n) is 16.0. The highest BCUT2D eigenvalue weighted by Gasteiger charge is 2.19. The summed E-state index contributed by atoms with van der Waals surface area (Å²) in [6.07, 6.45) is 3.93. The van der Waals surface area contributed by atoms with E-state index in [-0.39, 0.29) is 5.82 Å². The predicted molar refractivity (Wildman–Crippen MR) is 257 cm³/mol. The van der Waals surface area contributed by atoms with Gasteiger partial charge < -0.3 is 4.42 Å². The van der Waals surface area contributed by atoms with Crippen LogP contribution in [0.5, 0.6) is 0 Å². The topological polar surface area (TPSA) is 38.9 Å². The number of pyridine rings is 2. The molecule has 0 aliphatic carbocycles. The van der Waals surface area contributed by atoms with E-state index in [2.05, 4.69) is 171 Å². The zero-order chi connectivity index (χ0) is 42.3. The summed E-state index contributed by atoms with van der Waals surface area (Å²) < 4.78 is 20.3. The van der Waals surface area contributed by atoms with E-state index < -0.39 is 0 Å². The monoisotopic (exact) mass is 810 g/mol. The number of aryl methyl sites for hydroxylation is 1. The van der Waals surface area contributed by atoms with Gasteiger partial charge in [0.15, 0.2) is 0 Å². The van der Waals surface area contributed by atoms with Gasteiger partial charge in [-0.2, -0.15) is 0 Å². The molecule has 0 saturated heterocycles. The molecule has 0 spiro atoms. The Hall–Kier alpha value is -8.21. The molecule has 0 radical (unpaired) electrons. The van der Waals surface area contributed by atoms with Gasteiger partial charge in [-0.25, -0.2) is 4.39 Å². The lowest BCUT2D eigenvalue weighted by Gasteiger charge is -2.17. The minimum Gasteiger partial charge on any atom is -0.456 e. The van der Waals surface area contributed by atoms with Crippen LogP contribution in [0, 0.1) is 12.7 Å². The number of halogens is 1. The highest BCUT2D eigenvalue weighted by Crippen LogP contribution is 2.43. The largest absolute Gasteiger partial charge is 0.456 e. The molecule has 0 bridgehead atoms. The smallest absolute Gasteiger partial charge is 0.136 e. The van der Waals surface area contributed by atoms with Gasteiger partial charge in [0.25, 0.3) is 0 Å². The van der Waals surface area contributed by atoms with Crippen molar-refractivity contribution in [2.75, 3.05) is 0 Å². The Morgan fingerprint density at radius 3 is 1.49 bits per heavy atom. The van der Waals surface area contributed by atoms with E-state index >= 15 is 0 Å². The van der Waals surface area contributed by atoms with Crippen molar-refractivity contribution in [3.8, 4) is 89.3 Å². The lowest BCUT2D eigenvalue weighted by Crippen LogP contribution is -1.94. The second kappa shape index (κ2) is 16.0. The number of furan rings is 1. The third kappa shape index (κ3) is 7.28. The van der Waals surface area contributed by atoms with E-state index in [0.717, 1.165) is 117 Å². The lowest BCUT2D eigenvalue weighted by molar-refractivity contribution is 0.628. The second-order valence-corrected chi connectivity index (χ2v) is 16.0. The van der Waals surface area contributed by atoms with Gasteiger partial charge >= 0.3 is 0 Å². The van der Waals surface area contributed by atoms with Crippen LogP contribution in [0.15, 0.2) is 223 Å². The number of benzene rings is 8. The molecule has 0 saturated carbocycles. The van der Waals surface area contributed by atoms with Crippen LogP contribution in [0.25, 0.3) is 111 Å². The normalized spacial score (nSPS) is 11.3. The molecule has 11 rings (SSSR count). The fourth-order valence-corrected chi connectivity index (χ4v) is 8.83. The Bertz CT molecular complexity index is 3450. The van der Waals surface area contributed by atoms with Crippen LogP contribution in [-0.4, -0.2) is 9.97 Å². The Morgan fingerprint density at radius 1 is 0.333 bits per heavy atom. The molecular formula is C59H39FN2O. The Labute approximate surface area is 365 Å². The zero-order valence-corrected chi connectivity index (χ0v) is 34.5. The van der Waals surface area contributed by atoms with Gasteiger partial charge in [-0.1, -0.05) is 140 Å². The van der Waals surface area contributed by atoms with Gasteiger partial charge in [-0.05, 0) is 135 Å². The van der Waals surface area contributed by atoms with Gasteiger partial charge in [-0.3, -0.25) is 9.97 Å². The van der Waals surface area contributed by atoms with E-state index in [1.807, 2.05) is 30.6 Å². The van der Waals surface area contributed by atoms with Crippen LogP contribution in [0.2, 0.25) is 0 Å². The number of hydrogen-bond acceptors (Lipinski definition) is 3. The average Bonchev–Trinajstić information content (AvgIpc) is 3.72. The molecule has 3 nitrogen and oxygen atoms in total. The third-order valence-electron chi connectivity index (χ3n) is 11.9. The summed E-state index contributed by atoms with van der Waals surface area (Å²) in [6, 6.07) is 70.5. The van der Waals surface area contributed by atoms with E-state index in [4.69, 9.17) is 14.4 Å². The van der Waals surface area contributed by atoms with E-state index in [1.54, 1.807) is 12.1 Å². The van der Waals surface area contributed by atoms with Crippen LogP contribution in [0.4, 0.5) is 4.39 Å². The first-order chi connectivity index (χ1) is 31.0. The quantitative estimate of drug-likeness (QED) is 0.153. The molecule has 0 aliphatic rings. The molecule has 0 aliphatic heterocycles. The third-order valence-corrected chi connectivity index (χ3v) is 11.9. The standard InChI is InChI=1S/C59H39FN2O/c1-38-30-45(49-17-9-8-16-48(49)44-24-29-56(61-36-44)41-20-25-47(60)26-21-41)32-46(31-38)50-18-10-11-19-51(50)55-37-62-57(40-14-6-3-7-15-40)35-54(55)43-23-28-53-52-27-22-42(39-12-4-2-5-13-39)33-58(52)63-59(53)34-43/h2-37H,1H3. The summed E-state index contributed by atoms with van der Waals surface area (Å²) in [5.41, 5.74) is 19.5. The maximum Gasteiger partial charge on any atom is 0.136 e. The van der Waals surface area contributed by atoms with Gasteiger partial charge in [0.2, 0.25) is 0 Å². The molecule has 0 amide bonds. The Balaban J connectivity index is 1.02. The van der Waals surface area contributed by atoms with Gasteiger partial charge in [0.1, 0.15) is 17.0 Å². The minimum atomic E-state index is -0.263. The molecular weight excluding hydrogens is 772 g/mol. The lowest BCUT2D eigenvalue weighted by atomic mass is 9.87. The highest BCUT2D eigenvalue weighted by molar-refractivity contribution is 6.07. The summed E-state index contributed by atoms with van der Waals surface area (Å²) in [6.45, 7) is 2.16. The van der Waals surface area contributed by atoms with Gasteiger partial charge in [0.05, 0.1) is 11.4 Å². The van der Waals surface area contributed by atoms with Crippen molar-refractivity contribution in [2.24, 2.45) is 0 Å². The molecule has 0 fully saturated rings. The van der Waals surface area contributed by atoms with Crippen molar-refractivity contribution in [3.63, 3.8) is 0 Å². The van der Waals surface area contributed by atoms with Crippen molar-refractivity contribution >= 4 is 21.9 Å². The maximum absolute atomic E-state index is 13.6. The Kier molecular flexibility index (Phi) is 9.59. The van der Waals surface area contributed by atoms with Crippen LogP contribution < -0.4 is 0 Å². The van der Waals surface area contributed by atoms with Crippen molar-refractivity contribution in [3.05, 3.63) is 230 Å². The number of fused-ring (bicyclic) bond motifs is 3. The first-order valence-corrected chi connectivity index (χ1v) is 21.1. The molecule has 11 aromatic rings. The molecule has 298 valence electrons. The SMILES string of the molecule is Cc1cc(-c2ccccc2-c2ccc(-c3ccc(F)cc3)nc2)cc(-c2ccccc2-c2cnc(-c3ccccc3)cc2-c2ccc3c(c2)oc2cc(-c4ccccc4)ccc23)c1. The highest BCUT2D eigenvalue weighted by atomic mass is 19.1. The number of nitrogens with zero attached hydrogens (tertiary/aromatic N) is 2. The zero-order valence-electron chi connectivity index (χ0n) is 34.5. The van der Waals surface area contributed by atoms with Gasteiger partial charge in [-0.15, -0.1) is 0 Å². The van der Waals surface area contributed by atoms with Crippen LogP contribution >= 0.6 is 0 Å². The maximum atomic E-state index is 13.6. The average molecular weight is 811 g/mol. The van der Waals surface area contributed by atoms with Crippen LogP contribution in [0.1, 0.15) is 5.56 Å². The summed E-state index contributed by atoms with van der Waals surface area (Å²) in [7, 11) is 0. The Morgan fingerprint density at radius 2 is 0.841 bits per heavy atom. The first kappa shape index (κ1) is 37.8.